The average molecular weight is 612 g/mol. The summed E-state index contributed by atoms with van der Waals surface area (Å²) in [6, 6.07) is 3.13. The number of halogens is 3. The Morgan fingerprint density at radius 3 is 2.55 bits per heavy atom. The maximum atomic E-state index is 15.2. The summed E-state index contributed by atoms with van der Waals surface area (Å²) in [6.45, 7) is 5.22. The molecule has 6 aliphatic rings. The van der Waals surface area contributed by atoms with Crippen LogP contribution >= 0.6 is 0 Å². The van der Waals surface area contributed by atoms with Crippen LogP contribution in [-0.2, 0) is 24.6 Å². The number of fused-ring (bicyclic) bond motifs is 7. The molecule has 2 bridgehead atoms. The van der Waals surface area contributed by atoms with Gasteiger partial charge >= 0.3 is 0 Å². The lowest BCUT2D eigenvalue weighted by Gasteiger charge is -2.38. The van der Waals surface area contributed by atoms with Gasteiger partial charge in [0.25, 0.3) is 5.91 Å². The first-order valence-electron chi connectivity index (χ1n) is 15.5. The predicted molar refractivity (Wildman–Crippen MR) is 150 cm³/mol. The summed E-state index contributed by atoms with van der Waals surface area (Å²) in [4.78, 5) is 57.9. The van der Waals surface area contributed by atoms with Crippen molar-refractivity contribution in [1.29, 1.82) is 5.26 Å². The predicted octanol–water partition coefficient (Wildman–Crippen LogP) is 2.99. The van der Waals surface area contributed by atoms with Crippen molar-refractivity contribution in [2.75, 3.05) is 18.4 Å². The van der Waals surface area contributed by atoms with Gasteiger partial charge in [0.05, 0.1) is 17.2 Å². The quantitative estimate of drug-likeness (QED) is 0.542. The lowest BCUT2D eigenvalue weighted by atomic mass is 9.77. The number of para-hydroxylation sites is 1. The minimum Gasteiger partial charge on any atom is -0.341 e. The summed E-state index contributed by atoms with van der Waals surface area (Å²) < 4.78 is 44.6. The number of nitrogens with one attached hydrogen (secondary N) is 2. The normalized spacial score (nSPS) is 36.6. The van der Waals surface area contributed by atoms with Gasteiger partial charge in [-0.05, 0) is 66.4 Å². The lowest BCUT2D eigenvalue weighted by Crippen LogP contribution is -2.60. The topological polar surface area (TPSA) is 123 Å². The van der Waals surface area contributed by atoms with Crippen molar-refractivity contribution in [1.82, 2.24) is 15.1 Å². The number of carbonyl (C=O) groups excluding carboxylic acids is 4. The van der Waals surface area contributed by atoms with E-state index < -0.39 is 82.1 Å². The molecule has 9 atom stereocenters. The van der Waals surface area contributed by atoms with Gasteiger partial charge in [0.2, 0.25) is 17.7 Å². The molecule has 234 valence electrons. The Morgan fingerprint density at radius 1 is 1.16 bits per heavy atom. The standard InChI is InChI=1S/C32H36F3N5O4/c1-30(2,3)25(38-29(44)32(35)7-8-32)27(42)39-13-18-15-9-17(21(34)10-15)22(18)24(39)26(41)40-14-31(11-16(40)12-36)19-5-4-6-20(33)23(19)37-28(31)43/h4-6,15-18,21-22,24-25H,7-11,13-14H2,1-3H3,(H,37,43)(H,38,44). The molecule has 7 rings (SSSR count). The zero-order valence-electron chi connectivity index (χ0n) is 24.9. The number of hydrogen-bond acceptors (Lipinski definition) is 5. The molecule has 2 N–H and O–H groups in total. The van der Waals surface area contributed by atoms with Gasteiger partial charge in [-0.3, -0.25) is 19.2 Å². The minimum absolute atomic E-state index is 0.0106. The Morgan fingerprint density at radius 2 is 1.89 bits per heavy atom. The van der Waals surface area contributed by atoms with Gasteiger partial charge in [-0.1, -0.05) is 32.9 Å². The van der Waals surface area contributed by atoms with Crippen molar-refractivity contribution in [3.05, 3.63) is 29.6 Å². The van der Waals surface area contributed by atoms with Crippen molar-refractivity contribution in [3.8, 4) is 6.07 Å². The number of alkyl halides is 2. The largest absolute Gasteiger partial charge is 0.341 e. The third kappa shape index (κ3) is 4.03. The van der Waals surface area contributed by atoms with Gasteiger partial charge in [0.15, 0.2) is 5.67 Å². The number of nitriles is 1. The van der Waals surface area contributed by atoms with Crippen LogP contribution in [0.2, 0.25) is 0 Å². The molecule has 3 heterocycles. The molecular formula is C32H36F3N5O4. The molecule has 0 radical (unpaired) electrons. The van der Waals surface area contributed by atoms with Gasteiger partial charge < -0.3 is 20.4 Å². The Hall–Kier alpha value is -3.62. The van der Waals surface area contributed by atoms with Crippen LogP contribution in [0.4, 0.5) is 18.9 Å². The first-order valence-corrected chi connectivity index (χ1v) is 15.5. The van der Waals surface area contributed by atoms with Crippen LogP contribution in [0.1, 0.15) is 58.4 Å². The molecule has 2 saturated heterocycles. The monoisotopic (exact) mass is 611 g/mol. The second-order valence-electron chi connectivity index (χ2n) is 14.8. The van der Waals surface area contributed by atoms with Gasteiger partial charge in [0, 0.05) is 19.5 Å². The number of likely N-dealkylation sites (tertiary alicyclic amines) is 2. The Kier molecular flexibility index (Phi) is 6.25. The summed E-state index contributed by atoms with van der Waals surface area (Å²) in [7, 11) is 0. The van der Waals surface area contributed by atoms with Gasteiger partial charge in [-0.2, -0.15) is 5.26 Å². The number of hydrogen-bond donors (Lipinski definition) is 2. The van der Waals surface area contributed by atoms with Crippen LogP contribution in [0.25, 0.3) is 0 Å². The van der Waals surface area contributed by atoms with E-state index >= 15 is 4.39 Å². The molecule has 12 heteroatoms. The second kappa shape index (κ2) is 9.44. The van der Waals surface area contributed by atoms with Gasteiger partial charge in [0.1, 0.15) is 30.1 Å². The maximum Gasteiger partial charge on any atom is 0.258 e. The number of amides is 4. The van der Waals surface area contributed by atoms with E-state index in [1.54, 1.807) is 26.8 Å². The third-order valence-corrected chi connectivity index (χ3v) is 11.3. The highest BCUT2D eigenvalue weighted by Crippen LogP contribution is 2.59. The molecule has 0 aromatic heterocycles. The Labute approximate surface area is 253 Å². The molecule has 9 nitrogen and oxygen atoms in total. The van der Waals surface area contributed by atoms with Crippen molar-refractivity contribution in [3.63, 3.8) is 0 Å². The van der Waals surface area contributed by atoms with E-state index in [4.69, 9.17) is 0 Å². The second-order valence-corrected chi connectivity index (χ2v) is 14.8. The summed E-state index contributed by atoms with van der Waals surface area (Å²) in [5.41, 5.74) is -3.80. The smallest absolute Gasteiger partial charge is 0.258 e. The molecular weight excluding hydrogens is 575 g/mol. The highest BCUT2D eigenvalue weighted by Gasteiger charge is 2.65. The molecule has 3 aliphatic carbocycles. The zero-order valence-corrected chi connectivity index (χ0v) is 24.9. The first-order chi connectivity index (χ1) is 20.7. The molecule has 9 unspecified atom stereocenters. The molecule has 4 amide bonds. The minimum atomic E-state index is -2.01. The summed E-state index contributed by atoms with van der Waals surface area (Å²) in [5, 5.41) is 15.4. The fourth-order valence-electron chi connectivity index (χ4n) is 8.85. The number of anilines is 1. The highest BCUT2D eigenvalue weighted by atomic mass is 19.1. The van der Waals surface area contributed by atoms with E-state index in [0.717, 1.165) is 0 Å². The third-order valence-electron chi connectivity index (χ3n) is 11.3. The van der Waals surface area contributed by atoms with E-state index in [0.29, 0.717) is 18.4 Å². The van der Waals surface area contributed by atoms with E-state index in [1.807, 2.05) is 0 Å². The molecule has 1 spiro atoms. The number of benzene rings is 1. The highest BCUT2D eigenvalue weighted by molar-refractivity contribution is 6.07. The van der Waals surface area contributed by atoms with E-state index in [1.165, 1.54) is 21.9 Å². The van der Waals surface area contributed by atoms with Gasteiger partial charge in [-0.15, -0.1) is 0 Å². The Balaban J connectivity index is 1.24. The molecule has 3 saturated carbocycles. The van der Waals surface area contributed by atoms with E-state index in [2.05, 4.69) is 16.7 Å². The summed E-state index contributed by atoms with van der Waals surface area (Å²) >= 11 is 0. The lowest BCUT2D eigenvalue weighted by molar-refractivity contribution is -0.149. The zero-order chi connectivity index (χ0) is 31.5. The molecule has 3 aliphatic heterocycles. The van der Waals surface area contributed by atoms with E-state index in [9.17, 15) is 33.2 Å². The first kappa shape index (κ1) is 29.1. The molecule has 44 heavy (non-hydrogen) atoms. The maximum absolute atomic E-state index is 15.2. The number of carbonyl (C=O) groups is 4. The van der Waals surface area contributed by atoms with Crippen LogP contribution in [0, 0.1) is 46.2 Å². The van der Waals surface area contributed by atoms with Gasteiger partial charge in [-0.25, -0.2) is 13.2 Å². The van der Waals surface area contributed by atoms with Crippen molar-refractivity contribution in [2.45, 2.75) is 88.3 Å². The molecule has 5 fully saturated rings. The fraction of sp³-hybridized carbons (Fsp3) is 0.656. The van der Waals surface area contributed by atoms with Crippen molar-refractivity contribution >= 4 is 29.3 Å². The fourth-order valence-corrected chi connectivity index (χ4v) is 8.85. The van der Waals surface area contributed by atoms with Crippen LogP contribution in [0.5, 0.6) is 0 Å². The van der Waals surface area contributed by atoms with Crippen LogP contribution in [0.3, 0.4) is 0 Å². The average Bonchev–Trinajstić information content (AvgIpc) is 3.39. The molecule has 1 aromatic rings. The Bertz CT molecular complexity index is 1520. The summed E-state index contributed by atoms with van der Waals surface area (Å²) in [6.07, 6.45) is -0.0664. The number of rotatable bonds is 4. The van der Waals surface area contributed by atoms with E-state index in [-0.39, 0.29) is 49.9 Å². The summed E-state index contributed by atoms with van der Waals surface area (Å²) in [5.74, 6) is -4.18. The number of nitrogens with zero attached hydrogens (tertiary/aromatic N) is 3. The SMILES string of the molecule is CC(C)(C)C(NC(=O)C1(F)CC1)C(=O)N1CC2C3CC(F)C(C3)C2C1C(=O)N1CC2(CC1C#N)C(=O)Nc1c(F)cccc12. The van der Waals surface area contributed by atoms with Crippen molar-refractivity contribution < 1.29 is 32.3 Å². The van der Waals surface area contributed by atoms with Crippen LogP contribution in [0.15, 0.2) is 18.2 Å². The van der Waals surface area contributed by atoms with Crippen LogP contribution < -0.4 is 10.6 Å². The van der Waals surface area contributed by atoms with Crippen LogP contribution in [-0.4, -0.2) is 76.5 Å². The van der Waals surface area contributed by atoms with Crippen molar-refractivity contribution in [2.24, 2.45) is 29.1 Å². The molecule has 1 aromatic carbocycles.